The first-order valence-electron chi connectivity index (χ1n) is 8.79. The van der Waals surface area contributed by atoms with Crippen LogP contribution < -0.4 is 16.2 Å². The van der Waals surface area contributed by atoms with Crippen LogP contribution in [0.25, 0.3) is 22.2 Å². The number of urea groups is 1. The summed E-state index contributed by atoms with van der Waals surface area (Å²) in [5.74, 6) is 0.555. The van der Waals surface area contributed by atoms with Crippen LogP contribution >= 0.6 is 11.3 Å². The third-order valence-electron chi connectivity index (χ3n) is 4.41. The van der Waals surface area contributed by atoms with Gasteiger partial charge in [0.1, 0.15) is 5.82 Å². The lowest BCUT2D eigenvalue weighted by atomic mass is 10.1. The summed E-state index contributed by atoms with van der Waals surface area (Å²) < 4.78 is 1.74. The number of nitrogens with one attached hydrogen (secondary N) is 3. The van der Waals surface area contributed by atoms with E-state index in [1.165, 1.54) is 11.3 Å². The van der Waals surface area contributed by atoms with E-state index in [1.807, 2.05) is 68.7 Å². The summed E-state index contributed by atoms with van der Waals surface area (Å²) in [6, 6.07) is 13.5. The second-order valence-corrected chi connectivity index (χ2v) is 7.41. The van der Waals surface area contributed by atoms with Crippen LogP contribution in [0.3, 0.4) is 0 Å². The van der Waals surface area contributed by atoms with Crippen LogP contribution in [-0.4, -0.2) is 20.8 Å². The average Bonchev–Trinajstić information content (AvgIpc) is 3.25. The molecule has 0 atom stereocenters. The van der Waals surface area contributed by atoms with Crippen LogP contribution in [0.15, 0.2) is 47.8 Å². The highest BCUT2D eigenvalue weighted by atomic mass is 32.1. The van der Waals surface area contributed by atoms with Crippen molar-refractivity contribution in [2.45, 2.75) is 13.8 Å². The number of aryl methyl sites for hydroxylation is 3. The van der Waals surface area contributed by atoms with Crippen molar-refractivity contribution in [2.75, 3.05) is 10.7 Å². The number of hydrogen-bond donors (Lipinski definition) is 3. The molecule has 3 N–H and O–H groups in total. The van der Waals surface area contributed by atoms with E-state index in [0.29, 0.717) is 5.82 Å². The number of aromatic nitrogens is 3. The molecule has 0 unspecified atom stereocenters. The molecule has 0 radical (unpaired) electrons. The Morgan fingerprint density at radius 3 is 2.68 bits per heavy atom. The fourth-order valence-corrected chi connectivity index (χ4v) is 3.98. The van der Waals surface area contributed by atoms with Gasteiger partial charge in [0.25, 0.3) is 0 Å². The number of amides is 2. The van der Waals surface area contributed by atoms with Gasteiger partial charge in [0.05, 0.1) is 10.7 Å². The second-order valence-electron chi connectivity index (χ2n) is 6.50. The van der Waals surface area contributed by atoms with Gasteiger partial charge in [-0.05, 0) is 42.7 Å². The van der Waals surface area contributed by atoms with Crippen molar-refractivity contribution in [2.24, 2.45) is 7.05 Å². The molecule has 142 valence electrons. The third kappa shape index (κ3) is 3.54. The predicted octanol–water partition coefficient (Wildman–Crippen LogP) is 4.46. The van der Waals surface area contributed by atoms with Gasteiger partial charge in [-0.1, -0.05) is 30.3 Å². The summed E-state index contributed by atoms with van der Waals surface area (Å²) in [5, 5.41) is 11.0. The molecule has 0 spiro atoms. The Kier molecular flexibility index (Phi) is 4.70. The standard InChI is InChI=1S/C20H20N6OS/c1-12-9-16(21-19-18(12)13(2)25-26(19)3)23-24-20(27)22-17-10-15(11-28-17)14-7-5-4-6-8-14/h4-11H,1-3H3,(H,21,23)(H2,22,24,27). The number of carbonyl (C=O) groups is 1. The number of hydrazine groups is 1. The molecule has 8 heteroatoms. The highest BCUT2D eigenvalue weighted by Gasteiger charge is 2.12. The van der Waals surface area contributed by atoms with Gasteiger partial charge in [-0.15, -0.1) is 11.3 Å². The Morgan fingerprint density at radius 2 is 1.89 bits per heavy atom. The monoisotopic (exact) mass is 392 g/mol. The van der Waals surface area contributed by atoms with E-state index in [9.17, 15) is 4.79 Å². The highest BCUT2D eigenvalue weighted by molar-refractivity contribution is 7.14. The number of nitrogens with zero attached hydrogens (tertiary/aromatic N) is 3. The molecule has 0 aliphatic carbocycles. The average molecular weight is 392 g/mol. The Balaban J connectivity index is 1.42. The van der Waals surface area contributed by atoms with E-state index < -0.39 is 0 Å². The van der Waals surface area contributed by atoms with E-state index in [0.717, 1.165) is 38.4 Å². The van der Waals surface area contributed by atoms with Gasteiger partial charge >= 0.3 is 6.03 Å². The van der Waals surface area contributed by atoms with Crippen molar-refractivity contribution in [3.63, 3.8) is 0 Å². The molecule has 7 nitrogen and oxygen atoms in total. The highest BCUT2D eigenvalue weighted by Crippen LogP contribution is 2.28. The maximum absolute atomic E-state index is 12.2. The fraction of sp³-hybridized carbons (Fsp3) is 0.150. The fourth-order valence-electron chi connectivity index (χ4n) is 3.17. The number of fused-ring (bicyclic) bond motifs is 1. The van der Waals surface area contributed by atoms with Gasteiger partial charge in [0.2, 0.25) is 0 Å². The van der Waals surface area contributed by atoms with Crippen molar-refractivity contribution >= 4 is 39.2 Å². The summed E-state index contributed by atoms with van der Waals surface area (Å²) >= 11 is 1.48. The number of hydrogen-bond acceptors (Lipinski definition) is 5. The predicted molar refractivity (Wildman–Crippen MR) is 114 cm³/mol. The minimum Gasteiger partial charge on any atom is -0.298 e. The maximum Gasteiger partial charge on any atom is 0.338 e. The third-order valence-corrected chi connectivity index (χ3v) is 5.26. The molecule has 1 aromatic carbocycles. The number of benzene rings is 1. The molecule has 3 heterocycles. The van der Waals surface area contributed by atoms with Crippen LogP contribution in [0, 0.1) is 13.8 Å². The Labute approximate surface area is 166 Å². The first-order chi connectivity index (χ1) is 13.5. The lowest BCUT2D eigenvalue weighted by Gasteiger charge is -2.09. The number of anilines is 2. The SMILES string of the molecule is Cc1cc(NNC(=O)Nc2cc(-c3ccccc3)cs2)nc2c1c(C)nn2C. The summed E-state index contributed by atoms with van der Waals surface area (Å²) in [6.07, 6.45) is 0. The molecule has 0 bridgehead atoms. The quantitative estimate of drug-likeness (QED) is 0.448. The van der Waals surface area contributed by atoms with E-state index in [1.54, 1.807) is 4.68 Å². The van der Waals surface area contributed by atoms with Crippen molar-refractivity contribution in [1.29, 1.82) is 0 Å². The normalized spacial score (nSPS) is 10.8. The zero-order valence-electron chi connectivity index (χ0n) is 15.8. The van der Waals surface area contributed by atoms with Crippen LogP contribution in [-0.2, 0) is 7.05 Å². The van der Waals surface area contributed by atoms with Gasteiger partial charge in [-0.2, -0.15) is 5.10 Å². The Bertz CT molecular complexity index is 1150. The molecule has 0 saturated heterocycles. The van der Waals surface area contributed by atoms with E-state index in [4.69, 9.17) is 0 Å². The largest absolute Gasteiger partial charge is 0.338 e. The molecular weight excluding hydrogens is 372 g/mol. The van der Waals surface area contributed by atoms with Gasteiger partial charge in [0.15, 0.2) is 5.65 Å². The summed E-state index contributed by atoms with van der Waals surface area (Å²) in [5.41, 5.74) is 10.4. The lowest BCUT2D eigenvalue weighted by molar-refractivity contribution is 0.254. The molecule has 4 rings (SSSR count). The molecule has 28 heavy (non-hydrogen) atoms. The zero-order chi connectivity index (χ0) is 19.7. The Morgan fingerprint density at radius 1 is 1.11 bits per heavy atom. The molecule has 4 aromatic rings. The summed E-state index contributed by atoms with van der Waals surface area (Å²) in [6.45, 7) is 3.96. The second kappa shape index (κ2) is 7.32. The lowest BCUT2D eigenvalue weighted by Crippen LogP contribution is -2.33. The van der Waals surface area contributed by atoms with E-state index in [-0.39, 0.29) is 6.03 Å². The smallest absolute Gasteiger partial charge is 0.298 e. The molecule has 0 aliphatic rings. The van der Waals surface area contributed by atoms with Gasteiger partial charge in [0, 0.05) is 17.8 Å². The van der Waals surface area contributed by atoms with Crippen molar-refractivity contribution < 1.29 is 4.79 Å². The summed E-state index contributed by atoms with van der Waals surface area (Å²) in [4.78, 5) is 16.8. The van der Waals surface area contributed by atoms with E-state index in [2.05, 4.69) is 26.3 Å². The molecule has 2 amide bonds. The molecular formula is C20H20N6OS. The molecule has 3 aromatic heterocycles. The van der Waals surface area contributed by atoms with Crippen LogP contribution in [0.5, 0.6) is 0 Å². The van der Waals surface area contributed by atoms with Gasteiger partial charge in [-0.25, -0.2) is 9.78 Å². The number of pyridine rings is 1. The van der Waals surface area contributed by atoms with Crippen molar-refractivity contribution in [3.05, 3.63) is 59.1 Å². The van der Waals surface area contributed by atoms with Gasteiger partial charge < -0.3 is 0 Å². The van der Waals surface area contributed by atoms with Crippen molar-refractivity contribution in [1.82, 2.24) is 20.2 Å². The van der Waals surface area contributed by atoms with Crippen LogP contribution in [0.2, 0.25) is 0 Å². The van der Waals surface area contributed by atoms with Crippen molar-refractivity contribution in [3.8, 4) is 11.1 Å². The first kappa shape index (κ1) is 18.0. The maximum atomic E-state index is 12.2. The number of carbonyl (C=O) groups excluding carboxylic acids is 1. The molecule has 0 aliphatic heterocycles. The number of thiophene rings is 1. The van der Waals surface area contributed by atoms with Crippen LogP contribution in [0.4, 0.5) is 15.6 Å². The summed E-state index contributed by atoms with van der Waals surface area (Å²) in [7, 11) is 1.85. The van der Waals surface area contributed by atoms with Crippen LogP contribution in [0.1, 0.15) is 11.3 Å². The first-order valence-corrected chi connectivity index (χ1v) is 9.67. The number of rotatable bonds is 4. The molecule has 0 saturated carbocycles. The van der Waals surface area contributed by atoms with Gasteiger partial charge in [-0.3, -0.25) is 20.9 Å². The minimum absolute atomic E-state index is 0.359. The Hall–Kier alpha value is -3.39. The minimum atomic E-state index is -0.359. The van der Waals surface area contributed by atoms with E-state index >= 15 is 0 Å². The topological polar surface area (TPSA) is 83.9 Å². The zero-order valence-corrected chi connectivity index (χ0v) is 16.6. The molecule has 0 fully saturated rings.